The summed E-state index contributed by atoms with van der Waals surface area (Å²) in [5.41, 5.74) is -0.0624. The van der Waals surface area contributed by atoms with Crippen LogP contribution in [0.5, 0.6) is 0 Å². The molecule has 118 valence electrons. The van der Waals surface area contributed by atoms with Crippen molar-refractivity contribution in [3.05, 3.63) is 29.1 Å². The number of nitrogens with one attached hydrogen (secondary N) is 1. The lowest BCUT2D eigenvalue weighted by molar-refractivity contribution is -0.143. The number of morpholine rings is 1. The fourth-order valence-electron chi connectivity index (χ4n) is 2.50. The molecule has 3 rings (SSSR count). The van der Waals surface area contributed by atoms with Crippen molar-refractivity contribution < 1.29 is 22.7 Å². The molecule has 1 fully saturated rings. The first-order chi connectivity index (χ1) is 10.3. The Bertz CT molecular complexity index is 724. The van der Waals surface area contributed by atoms with Gasteiger partial charge in [-0.1, -0.05) is 0 Å². The number of imidazole rings is 1. The Balaban J connectivity index is 1.97. The first-order valence-electron chi connectivity index (χ1n) is 6.76. The number of halogens is 3. The van der Waals surface area contributed by atoms with Gasteiger partial charge in [-0.2, -0.15) is 13.2 Å². The topological polar surface area (TPSA) is 58.2 Å². The summed E-state index contributed by atoms with van der Waals surface area (Å²) in [6.45, 7) is 2.56. The minimum atomic E-state index is -4.47. The zero-order valence-corrected chi connectivity index (χ0v) is 11.8. The lowest BCUT2D eigenvalue weighted by atomic mass is 10.1. The number of aryl methyl sites for hydroxylation is 1. The molecule has 0 unspecified atom stereocenters. The van der Waals surface area contributed by atoms with Gasteiger partial charge in [-0.25, -0.2) is 4.98 Å². The van der Waals surface area contributed by atoms with E-state index in [1.165, 1.54) is 4.90 Å². The van der Waals surface area contributed by atoms with Gasteiger partial charge in [0.05, 0.1) is 24.2 Å². The minimum Gasteiger partial charge on any atom is -0.370 e. The van der Waals surface area contributed by atoms with E-state index in [1.54, 1.807) is 13.0 Å². The van der Waals surface area contributed by atoms with Crippen molar-refractivity contribution in [2.24, 2.45) is 0 Å². The number of ether oxygens (including phenoxy) is 1. The van der Waals surface area contributed by atoms with E-state index in [0.29, 0.717) is 30.1 Å². The number of amides is 1. The first kappa shape index (κ1) is 14.8. The van der Waals surface area contributed by atoms with Crippen molar-refractivity contribution in [3.63, 3.8) is 0 Å². The molecule has 5 nitrogen and oxygen atoms in total. The third-order valence-corrected chi connectivity index (χ3v) is 3.51. The van der Waals surface area contributed by atoms with Crippen molar-refractivity contribution in [3.8, 4) is 0 Å². The van der Waals surface area contributed by atoms with E-state index in [1.807, 2.05) is 0 Å². The Hall–Kier alpha value is -2.09. The largest absolute Gasteiger partial charge is 0.418 e. The molecule has 1 saturated heterocycles. The SMILES string of the molecule is Cc1cc(C(F)(F)F)c2nc(CN3CCOCC3=O)[nH]c2c1. The Morgan fingerprint density at radius 3 is 2.86 bits per heavy atom. The third-order valence-electron chi connectivity index (χ3n) is 3.51. The van der Waals surface area contributed by atoms with Gasteiger partial charge in [0.25, 0.3) is 0 Å². The summed E-state index contributed by atoms with van der Waals surface area (Å²) in [5.74, 6) is 0.139. The molecule has 8 heteroatoms. The normalized spacial score (nSPS) is 16.5. The van der Waals surface area contributed by atoms with E-state index in [0.717, 1.165) is 6.07 Å². The average molecular weight is 313 g/mol. The number of benzene rings is 1. The number of hydrogen-bond acceptors (Lipinski definition) is 3. The van der Waals surface area contributed by atoms with Crippen molar-refractivity contribution in [2.45, 2.75) is 19.6 Å². The van der Waals surface area contributed by atoms with Crippen LogP contribution in [-0.4, -0.2) is 40.5 Å². The van der Waals surface area contributed by atoms with Crippen molar-refractivity contribution >= 4 is 16.9 Å². The molecule has 0 saturated carbocycles. The highest BCUT2D eigenvalue weighted by molar-refractivity contribution is 5.81. The predicted molar refractivity (Wildman–Crippen MR) is 72.1 cm³/mol. The number of alkyl halides is 3. The Kier molecular flexibility index (Phi) is 3.56. The van der Waals surface area contributed by atoms with E-state index in [-0.39, 0.29) is 24.6 Å². The minimum absolute atomic E-state index is 0.00681. The number of aromatic nitrogens is 2. The number of hydrogen-bond donors (Lipinski definition) is 1. The molecular formula is C14H14F3N3O2. The van der Waals surface area contributed by atoms with Gasteiger partial charge in [0.15, 0.2) is 0 Å². The maximum Gasteiger partial charge on any atom is 0.418 e. The summed E-state index contributed by atoms with van der Waals surface area (Å²) < 4.78 is 44.3. The lowest BCUT2D eigenvalue weighted by Gasteiger charge is -2.25. The summed E-state index contributed by atoms with van der Waals surface area (Å²) >= 11 is 0. The Morgan fingerprint density at radius 1 is 1.41 bits per heavy atom. The second-order valence-electron chi connectivity index (χ2n) is 5.26. The molecule has 0 bridgehead atoms. The van der Waals surface area contributed by atoms with Crippen LogP contribution in [0.1, 0.15) is 17.0 Å². The van der Waals surface area contributed by atoms with Gasteiger partial charge in [0.1, 0.15) is 17.9 Å². The first-order valence-corrected chi connectivity index (χ1v) is 6.76. The Morgan fingerprint density at radius 2 is 2.18 bits per heavy atom. The van der Waals surface area contributed by atoms with E-state index in [4.69, 9.17) is 4.74 Å². The lowest BCUT2D eigenvalue weighted by Crippen LogP contribution is -2.41. The summed E-state index contributed by atoms with van der Waals surface area (Å²) in [6.07, 6.45) is -4.47. The summed E-state index contributed by atoms with van der Waals surface area (Å²) in [6, 6.07) is 2.69. The number of fused-ring (bicyclic) bond motifs is 1. The number of carbonyl (C=O) groups is 1. The van der Waals surface area contributed by atoms with Crippen LogP contribution in [0.2, 0.25) is 0 Å². The fourth-order valence-corrected chi connectivity index (χ4v) is 2.50. The smallest absolute Gasteiger partial charge is 0.370 e. The highest BCUT2D eigenvalue weighted by Crippen LogP contribution is 2.34. The molecule has 1 aromatic carbocycles. The number of carbonyl (C=O) groups excluding carboxylic acids is 1. The van der Waals surface area contributed by atoms with Crippen LogP contribution < -0.4 is 0 Å². The van der Waals surface area contributed by atoms with Crippen LogP contribution in [-0.2, 0) is 22.3 Å². The van der Waals surface area contributed by atoms with Crippen molar-refractivity contribution in [2.75, 3.05) is 19.8 Å². The van der Waals surface area contributed by atoms with Gasteiger partial charge in [0.2, 0.25) is 5.91 Å². The maximum atomic E-state index is 13.1. The number of nitrogens with zero attached hydrogens (tertiary/aromatic N) is 2. The maximum absolute atomic E-state index is 13.1. The van der Waals surface area contributed by atoms with Crippen LogP contribution >= 0.6 is 0 Å². The van der Waals surface area contributed by atoms with Gasteiger partial charge < -0.3 is 14.6 Å². The summed E-state index contributed by atoms with van der Waals surface area (Å²) in [5, 5.41) is 0. The molecule has 22 heavy (non-hydrogen) atoms. The predicted octanol–water partition coefficient (Wildman–Crippen LogP) is 2.25. The van der Waals surface area contributed by atoms with Crippen molar-refractivity contribution in [1.82, 2.24) is 14.9 Å². The quantitative estimate of drug-likeness (QED) is 0.925. The molecule has 1 aromatic heterocycles. The van der Waals surface area contributed by atoms with E-state index in [9.17, 15) is 18.0 Å². The number of H-pyrrole nitrogens is 1. The van der Waals surface area contributed by atoms with Gasteiger partial charge in [-0.05, 0) is 24.6 Å². The molecule has 1 amide bonds. The van der Waals surface area contributed by atoms with Crippen LogP contribution in [0.4, 0.5) is 13.2 Å². The zero-order chi connectivity index (χ0) is 15.9. The van der Waals surface area contributed by atoms with Gasteiger partial charge in [0, 0.05) is 6.54 Å². The van der Waals surface area contributed by atoms with Crippen molar-refractivity contribution in [1.29, 1.82) is 0 Å². The molecule has 2 heterocycles. The molecule has 0 aliphatic carbocycles. The standard InChI is InChI=1S/C14H14F3N3O2/c1-8-4-9(14(15,16)17)13-10(5-8)18-11(19-13)6-20-2-3-22-7-12(20)21/h4-5H,2-3,6-7H2,1H3,(H,18,19). The molecule has 1 aliphatic heterocycles. The van der Waals surface area contributed by atoms with Gasteiger partial charge >= 0.3 is 6.18 Å². The van der Waals surface area contributed by atoms with Crippen LogP contribution in [0.3, 0.4) is 0 Å². The molecule has 0 atom stereocenters. The molecule has 1 N–H and O–H groups in total. The highest BCUT2D eigenvalue weighted by Gasteiger charge is 2.34. The van der Waals surface area contributed by atoms with Crippen LogP contribution in [0.25, 0.3) is 11.0 Å². The molecule has 0 spiro atoms. The van der Waals surface area contributed by atoms with E-state index < -0.39 is 11.7 Å². The molecule has 0 radical (unpaired) electrons. The number of rotatable bonds is 2. The van der Waals surface area contributed by atoms with E-state index >= 15 is 0 Å². The summed E-state index contributed by atoms with van der Waals surface area (Å²) in [4.78, 5) is 20.1. The second-order valence-corrected chi connectivity index (χ2v) is 5.26. The Labute approximate surface area is 124 Å². The fraction of sp³-hybridized carbons (Fsp3) is 0.429. The van der Waals surface area contributed by atoms with Gasteiger partial charge in [-0.3, -0.25) is 4.79 Å². The second kappa shape index (κ2) is 5.28. The van der Waals surface area contributed by atoms with Crippen LogP contribution in [0, 0.1) is 6.92 Å². The molecule has 2 aromatic rings. The highest BCUT2D eigenvalue weighted by atomic mass is 19.4. The van der Waals surface area contributed by atoms with E-state index in [2.05, 4.69) is 9.97 Å². The summed E-state index contributed by atoms with van der Waals surface area (Å²) in [7, 11) is 0. The monoisotopic (exact) mass is 313 g/mol. The molecular weight excluding hydrogens is 299 g/mol. The third kappa shape index (κ3) is 2.78. The van der Waals surface area contributed by atoms with Crippen LogP contribution in [0.15, 0.2) is 12.1 Å². The van der Waals surface area contributed by atoms with Gasteiger partial charge in [-0.15, -0.1) is 0 Å². The molecule has 1 aliphatic rings. The average Bonchev–Trinajstić information content (AvgIpc) is 2.81. The number of aromatic amines is 1. The zero-order valence-electron chi connectivity index (χ0n) is 11.8.